The molecule has 0 bridgehead atoms. The van der Waals surface area contributed by atoms with Crippen LogP contribution in [0.15, 0.2) is 30.3 Å². The van der Waals surface area contributed by atoms with Gasteiger partial charge in [0.05, 0.1) is 0 Å². The molecular formula is C16H13BIN2OS-. The van der Waals surface area contributed by atoms with Gasteiger partial charge in [-0.3, -0.25) is 0 Å². The van der Waals surface area contributed by atoms with Crippen LogP contribution in [0.5, 0.6) is 5.75 Å². The fourth-order valence-electron chi connectivity index (χ4n) is 2.97. The standard InChI is InChI=1S/C16H13BIN2OS/c17-18-9-5-6-10-12-8-13(11-3-1-2-4-14(11)21)19-20-16(12)22-15(10)7-9/h1-4,8-9,21H,5-7H2/q-1. The van der Waals surface area contributed by atoms with Gasteiger partial charge < -0.3 is 0 Å². The number of fused-ring (bicyclic) bond motifs is 3. The normalized spacial score (nSPS) is 17.7. The van der Waals surface area contributed by atoms with Crippen molar-refractivity contribution in [1.29, 1.82) is 0 Å². The fourth-order valence-corrected chi connectivity index (χ4v) is 5.86. The molecule has 1 N–H and O–H groups in total. The molecule has 1 aliphatic carbocycles. The summed E-state index contributed by atoms with van der Waals surface area (Å²) in [6.45, 7) is 0. The number of nitrogens with zero attached hydrogens (tertiary/aromatic N) is 2. The summed E-state index contributed by atoms with van der Waals surface area (Å²) in [7, 11) is 0. The third-order valence-electron chi connectivity index (χ3n) is 4.11. The number of rotatable bonds is 2. The van der Waals surface area contributed by atoms with E-state index >= 15 is 0 Å². The molecule has 0 fully saturated rings. The first-order valence-electron chi connectivity index (χ1n) is 7.14. The molecule has 0 aliphatic heterocycles. The fraction of sp³-hybridized carbons (Fsp3) is 0.250. The van der Waals surface area contributed by atoms with E-state index in [1.54, 1.807) is 17.4 Å². The van der Waals surface area contributed by atoms with Crippen LogP contribution in [0.2, 0.25) is 0 Å². The third-order valence-corrected chi connectivity index (χ3v) is 7.35. The molecular weight excluding hydrogens is 406 g/mol. The summed E-state index contributed by atoms with van der Waals surface area (Å²) >= 11 is 1.57. The van der Waals surface area contributed by atoms with Crippen LogP contribution in [-0.4, -0.2) is 24.9 Å². The van der Waals surface area contributed by atoms with Crippen LogP contribution in [0.1, 0.15) is 16.9 Å². The molecule has 2 aromatic heterocycles. The first-order valence-corrected chi connectivity index (χ1v) is 10.5. The van der Waals surface area contributed by atoms with Crippen LogP contribution in [0.4, 0.5) is 0 Å². The summed E-state index contributed by atoms with van der Waals surface area (Å²) < 4.78 is 0.699. The molecule has 22 heavy (non-hydrogen) atoms. The number of hydrogen-bond donors (Lipinski definition) is 1. The summed E-state index contributed by atoms with van der Waals surface area (Å²) in [4.78, 5) is 2.43. The number of thiophene rings is 1. The van der Waals surface area contributed by atoms with Gasteiger partial charge in [0.2, 0.25) is 0 Å². The number of phenolic OH excluding ortho intramolecular Hbond substituents is 1. The minimum absolute atomic E-state index is 0.180. The van der Waals surface area contributed by atoms with Gasteiger partial charge in [0, 0.05) is 0 Å². The van der Waals surface area contributed by atoms with Gasteiger partial charge in [-0.1, -0.05) is 0 Å². The average Bonchev–Trinajstić information content (AvgIpc) is 2.92. The first-order chi connectivity index (χ1) is 10.8. The Bertz CT molecular complexity index is 851. The molecule has 6 heteroatoms. The maximum atomic E-state index is 10.0. The van der Waals surface area contributed by atoms with Gasteiger partial charge in [0.1, 0.15) is 0 Å². The van der Waals surface area contributed by atoms with Gasteiger partial charge in [-0.25, -0.2) is 0 Å². The van der Waals surface area contributed by atoms with E-state index in [-0.39, 0.29) is 26.7 Å². The summed E-state index contributed by atoms with van der Waals surface area (Å²) in [6.07, 6.45) is 3.38. The Balaban J connectivity index is 1.83. The number of aromatic hydroxyl groups is 1. The quantitative estimate of drug-likeness (QED) is 0.364. The number of aryl methyl sites for hydroxylation is 1. The second kappa shape index (κ2) is 5.81. The van der Waals surface area contributed by atoms with Crippen molar-refractivity contribution in [2.24, 2.45) is 0 Å². The van der Waals surface area contributed by atoms with Gasteiger partial charge in [0.15, 0.2) is 0 Å². The Hall–Kier alpha value is -1.15. The van der Waals surface area contributed by atoms with E-state index in [2.05, 4.69) is 16.3 Å². The zero-order valence-electron chi connectivity index (χ0n) is 11.8. The molecule has 0 saturated carbocycles. The van der Waals surface area contributed by atoms with Crippen LogP contribution < -0.4 is 21.0 Å². The number of alkyl halides is 1. The Morgan fingerprint density at radius 1 is 1.27 bits per heavy atom. The molecule has 110 valence electrons. The van der Waals surface area contributed by atoms with Crippen molar-refractivity contribution in [3.8, 4) is 17.0 Å². The first kappa shape index (κ1) is 14.4. The number of benzene rings is 1. The number of phenols is 1. The van der Waals surface area contributed by atoms with Crippen molar-refractivity contribution in [3.63, 3.8) is 0 Å². The van der Waals surface area contributed by atoms with Crippen LogP contribution in [0, 0.1) is 0 Å². The number of halogens is 1. The molecule has 1 atom stereocenters. The van der Waals surface area contributed by atoms with Crippen LogP contribution in [0.3, 0.4) is 0 Å². The number of para-hydroxylation sites is 1. The van der Waals surface area contributed by atoms with Crippen LogP contribution in [-0.2, 0) is 12.8 Å². The van der Waals surface area contributed by atoms with Crippen molar-refractivity contribution in [2.75, 3.05) is 0 Å². The molecule has 0 spiro atoms. The van der Waals surface area contributed by atoms with E-state index in [1.165, 1.54) is 22.2 Å². The van der Waals surface area contributed by atoms with E-state index in [9.17, 15) is 5.11 Å². The van der Waals surface area contributed by atoms with Gasteiger partial charge in [-0.05, 0) is 0 Å². The summed E-state index contributed by atoms with van der Waals surface area (Å²) in [5.74, 6) is 0.244. The van der Waals surface area contributed by atoms with Crippen molar-refractivity contribution in [1.82, 2.24) is 10.2 Å². The molecule has 2 heterocycles. The van der Waals surface area contributed by atoms with Crippen molar-refractivity contribution < 1.29 is 26.1 Å². The molecule has 4 rings (SSSR count). The van der Waals surface area contributed by atoms with E-state index < -0.39 is 0 Å². The summed E-state index contributed by atoms with van der Waals surface area (Å²) in [5.41, 5.74) is 8.82. The number of hydrogen-bond acceptors (Lipinski definition) is 4. The van der Waals surface area contributed by atoms with E-state index in [1.807, 2.05) is 18.2 Å². The molecule has 1 aliphatic rings. The Morgan fingerprint density at radius 2 is 2.14 bits per heavy atom. The molecule has 3 nitrogen and oxygen atoms in total. The van der Waals surface area contributed by atoms with Crippen molar-refractivity contribution in [2.45, 2.75) is 23.2 Å². The third kappa shape index (κ3) is 2.42. The Morgan fingerprint density at radius 3 is 2.95 bits per heavy atom. The van der Waals surface area contributed by atoms with Gasteiger partial charge in [-0.15, -0.1) is 0 Å². The monoisotopic (exact) mass is 419 g/mol. The second-order valence-electron chi connectivity index (χ2n) is 5.44. The second-order valence-corrected chi connectivity index (χ2v) is 9.00. The van der Waals surface area contributed by atoms with E-state index in [0.717, 1.165) is 28.9 Å². The summed E-state index contributed by atoms with van der Waals surface area (Å²) in [6, 6.07) is 9.34. The molecule has 1 aromatic carbocycles. The maximum absolute atomic E-state index is 10.0. The topological polar surface area (TPSA) is 46.0 Å². The predicted octanol–water partition coefficient (Wildman–Crippen LogP) is 0.0937. The molecule has 2 radical (unpaired) electrons. The number of aromatic nitrogens is 2. The molecule has 3 aromatic rings. The zero-order chi connectivity index (χ0) is 15.1. The summed E-state index contributed by atoms with van der Waals surface area (Å²) in [5, 5.41) is 19.9. The average molecular weight is 419 g/mol. The minimum atomic E-state index is -0.180. The van der Waals surface area contributed by atoms with E-state index in [4.69, 9.17) is 5.70 Å². The van der Waals surface area contributed by atoms with Gasteiger partial charge in [-0.2, -0.15) is 0 Å². The van der Waals surface area contributed by atoms with Crippen molar-refractivity contribution in [3.05, 3.63) is 40.8 Å². The molecule has 0 amide bonds. The Kier molecular flexibility index (Phi) is 3.82. The van der Waals surface area contributed by atoms with Crippen LogP contribution >= 0.6 is 11.3 Å². The van der Waals surface area contributed by atoms with Gasteiger partial charge in [0.25, 0.3) is 0 Å². The zero-order valence-corrected chi connectivity index (χ0v) is 14.8. The molecule has 1 unspecified atom stereocenters. The van der Waals surface area contributed by atoms with Gasteiger partial charge >= 0.3 is 145 Å². The predicted molar refractivity (Wildman–Crippen MR) is 86.1 cm³/mol. The van der Waals surface area contributed by atoms with E-state index in [0.29, 0.717) is 3.92 Å². The molecule has 0 saturated heterocycles. The van der Waals surface area contributed by atoms with Crippen LogP contribution in [0.25, 0.3) is 21.5 Å². The van der Waals surface area contributed by atoms with Crippen molar-refractivity contribution >= 4 is 27.3 Å². The Labute approximate surface area is 144 Å². The SMILES string of the molecule is [B][I-]C1CCc2c(sc3nnc(-c4ccccc4O)cc23)C1.